The molecule has 4 fully saturated rings. The van der Waals surface area contributed by atoms with Crippen LogP contribution in [0.1, 0.15) is 134 Å². The summed E-state index contributed by atoms with van der Waals surface area (Å²) < 4.78 is 0. The van der Waals surface area contributed by atoms with E-state index in [1.807, 2.05) is 0 Å². The topological polar surface area (TPSA) is 12.0 Å². The Labute approximate surface area is 203 Å². The van der Waals surface area contributed by atoms with Crippen molar-refractivity contribution < 1.29 is 1.43 Å². The Kier molecular flexibility index (Phi) is 7.21. The van der Waals surface area contributed by atoms with Gasteiger partial charge >= 0.3 is 0 Å². The molecule has 0 heterocycles. The van der Waals surface area contributed by atoms with E-state index >= 15 is 0 Å². The summed E-state index contributed by atoms with van der Waals surface area (Å²) in [6, 6.07) is 0.751. The zero-order valence-electron chi connectivity index (χ0n) is 23.1. The van der Waals surface area contributed by atoms with Gasteiger partial charge in [-0.3, -0.25) is 0 Å². The highest BCUT2D eigenvalue weighted by molar-refractivity contribution is 5.10. The Morgan fingerprint density at radius 2 is 1.53 bits per heavy atom. The molecule has 0 aromatic rings. The summed E-state index contributed by atoms with van der Waals surface area (Å²) >= 11 is 0. The van der Waals surface area contributed by atoms with Crippen LogP contribution in [-0.4, -0.2) is 11.6 Å². The van der Waals surface area contributed by atoms with Gasteiger partial charge < -0.3 is 5.32 Å². The zero-order valence-corrected chi connectivity index (χ0v) is 23.1. The van der Waals surface area contributed by atoms with Crippen LogP contribution in [-0.2, 0) is 0 Å². The van der Waals surface area contributed by atoms with Crippen LogP contribution in [0.5, 0.6) is 0 Å². The lowest BCUT2D eigenvalue weighted by Gasteiger charge is -2.61. The predicted octanol–water partition coefficient (Wildman–Crippen LogP) is 9.11. The summed E-state index contributed by atoms with van der Waals surface area (Å²) in [5.41, 5.74) is 1.53. The van der Waals surface area contributed by atoms with E-state index in [1.54, 1.807) is 12.8 Å². The first kappa shape index (κ1) is 25.1. The molecule has 32 heavy (non-hydrogen) atoms. The molecule has 4 saturated carbocycles. The highest BCUT2D eigenvalue weighted by atomic mass is 15.0. The molecule has 9 atom stereocenters. The fourth-order valence-electron chi connectivity index (χ4n) is 10.0. The average molecular weight is 446 g/mol. The summed E-state index contributed by atoms with van der Waals surface area (Å²) in [7, 11) is 0. The third-order valence-electron chi connectivity index (χ3n) is 11.5. The summed E-state index contributed by atoms with van der Waals surface area (Å²) in [5, 5.41) is 3.97. The van der Waals surface area contributed by atoms with E-state index in [0.717, 1.165) is 47.5 Å². The molecular weight excluding hydrogens is 386 g/mol. The highest BCUT2D eigenvalue weighted by Crippen LogP contribution is 2.68. The van der Waals surface area contributed by atoms with Crippen molar-refractivity contribution in [1.82, 2.24) is 5.32 Å². The minimum Gasteiger partial charge on any atom is -0.309 e. The maximum absolute atomic E-state index is 3.97. The molecule has 1 nitrogen and oxygen atoms in total. The summed E-state index contributed by atoms with van der Waals surface area (Å²) in [5.74, 6) is 6.86. The van der Waals surface area contributed by atoms with Gasteiger partial charge in [0, 0.05) is 13.0 Å². The van der Waals surface area contributed by atoms with Crippen LogP contribution in [0.2, 0.25) is 0 Å². The van der Waals surface area contributed by atoms with Crippen LogP contribution in [0.4, 0.5) is 0 Å². The molecule has 0 bridgehead atoms. The van der Waals surface area contributed by atoms with Crippen molar-refractivity contribution in [3.63, 3.8) is 0 Å². The minimum absolute atomic E-state index is 0. The normalized spacial score (nSPS) is 45.3. The monoisotopic (exact) mass is 445 g/mol. The van der Waals surface area contributed by atoms with Gasteiger partial charge in [0.2, 0.25) is 0 Å². The number of hydrogen-bond donors (Lipinski definition) is 1. The molecule has 4 aliphatic carbocycles. The number of fused-ring (bicyclic) bond motifs is 5. The second kappa shape index (κ2) is 9.20. The van der Waals surface area contributed by atoms with Gasteiger partial charge in [-0.15, -0.1) is 0 Å². The average Bonchev–Trinajstić information content (AvgIpc) is 3.04. The Hall–Kier alpha value is -0.0400. The predicted molar refractivity (Wildman–Crippen MR) is 142 cm³/mol. The summed E-state index contributed by atoms with van der Waals surface area (Å²) in [6.07, 6.45) is 17.9. The molecule has 0 amide bonds. The first-order valence-electron chi connectivity index (χ1n) is 14.7. The van der Waals surface area contributed by atoms with E-state index < -0.39 is 0 Å². The molecule has 4 rings (SSSR count). The van der Waals surface area contributed by atoms with Crippen LogP contribution >= 0.6 is 0 Å². The van der Waals surface area contributed by atoms with Gasteiger partial charge in [0.1, 0.15) is 0 Å². The Balaban J connectivity index is 0.00000306. The van der Waals surface area contributed by atoms with Crippen molar-refractivity contribution in [2.24, 2.45) is 52.3 Å². The maximum atomic E-state index is 3.97. The fraction of sp³-hybridized carbons (Fsp3) is 1.00. The van der Waals surface area contributed by atoms with E-state index in [9.17, 15) is 0 Å². The molecule has 0 aliphatic heterocycles. The lowest BCUT2D eigenvalue weighted by atomic mass is 9.44. The third kappa shape index (κ3) is 4.72. The molecular formula is C31H59N. The van der Waals surface area contributed by atoms with Crippen LogP contribution in [0.15, 0.2) is 0 Å². The van der Waals surface area contributed by atoms with Crippen LogP contribution in [0.3, 0.4) is 0 Å². The molecule has 0 aromatic carbocycles. The highest BCUT2D eigenvalue weighted by Gasteiger charge is 2.60. The van der Waals surface area contributed by atoms with E-state index in [0.29, 0.717) is 10.8 Å². The molecule has 0 saturated heterocycles. The van der Waals surface area contributed by atoms with Gasteiger partial charge in [-0.1, -0.05) is 53.9 Å². The van der Waals surface area contributed by atoms with Crippen molar-refractivity contribution in [3.05, 3.63) is 0 Å². The lowest BCUT2D eigenvalue weighted by Crippen LogP contribution is -2.56. The van der Waals surface area contributed by atoms with Crippen molar-refractivity contribution in [1.29, 1.82) is 0 Å². The van der Waals surface area contributed by atoms with Gasteiger partial charge in [0.15, 0.2) is 0 Å². The van der Waals surface area contributed by atoms with Gasteiger partial charge in [0.05, 0.1) is 0 Å². The van der Waals surface area contributed by atoms with E-state index in [4.69, 9.17) is 0 Å². The van der Waals surface area contributed by atoms with Gasteiger partial charge in [-0.2, -0.15) is 0 Å². The molecule has 1 heteroatoms. The second-order valence-corrected chi connectivity index (χ2v) is 15.1. The Morgan fingerprint density at radius 1 is 0.844 bits per heavy atom. The van der Waals surface area contributed by atoms with Gasteiger partial charge in [0.25, 0.3) is 0 Å². The standard InChI is InChI=1S/C31H57N.H2/c1-21(2)10-9-11-22(3)26-14-15-27-25-13-12-23-20-24(32-29(4,5)6)16-18-30(23,7)28(25)17-19-31(26,27)8;/h21-28,32H,9-20H2,1-8H3;1H. The summed E-state index contributed by atoms with van der Waals surface area (Å²) in [6.45, 7) is 19.9. The molecule has 9 unspecified atom stereocenters. The van der Waals surface area contributed by atoms with Crippen LogP contribution in [0.25, 0.3) is 0 Å². The Bertz CT molecular complexity index is 637. The second-order valence-electron chi connectivity index (χ2n) is 15.1. The smallest absolute Gasteiger partial charge is 0.00991 e. The van der Waals surface area contributed by atoms with E-state index in [2.05, 4.69) is 60.7 Å². The molecule has 0 radical (unpaired) electrons. The molecule has 0 spiro atoms. The van der Waals surface area contributed by atoms with Crippen molar-refractivity contribution >= 4 is 0 Å². The fourth-order valence-corrected chi connectivity index (χ4v) is 10.0. The van der Waals surface area contributed by atoms with Crippen molar-refractivity contribution in [2.45, 2.75) is 144 Å². The van der Waals surface area contributed by atoms with E-state index in [1.165, 1.54) is 64.2 Å². The summed E-state index contributed by atoms with van der Waals surface area (Å²) in [4.78, 5) is 0. The number of rotatable bonds is 6. The van der Waals surface area contributed by atoms with Crippen molar-refractivity contribution in [3.8, 4) is 0 Å². The minimum atomic E-state index is 0. The zero-order chi connectivity index (χ0) is 23.3. The molecule has 0 aromatic heterocycles. The first-order chi connectivity index (χ1) is 14.9. The number of nitrogens with one attached hydrogen (secondary N) is 1. The number of hydrogen-bond acceptors (Lipinski definition) is 1. The molecule has 188 valence electrons. The van der Waals surface area contributed by atoms with Gasteiger partial charge in [-0.25, -0.2) is 0 Å². The van der Waals surface area contributed by atoms with Crippen LogP contribution in [0, 0.1) is 52.3 Å². The quantitative estimate of drug-likeness (QED) is 0.430. The van der Waals surface area contributed by atoms with Gasteiger partial charge in [-0.05, 0) is 131 Å². The van der Waals surface area contributed by atoms with Crippen LogP contribution < -0.4 is 5.32 Å². The Morgan fingerprint density at radius 3 is 2.22 bits per heavy atom. The first-order valence-corrected chi connectivity index (χ1v) is 14.7. The molecule has 4 aliphatic rings. The van der Waals surface area contributed by atoms with E-state index in [-0.39, 0.29) is 6.97 Å². The maximum Gasteiger partial charge on any atom is 0.00991 e. The van der Waals surface area contributed by atoms with Crippen molar-refractivity contribution in [2.75, 3.05) is 0 Å². The largest absolute Gasteiger partial charge is 0.309 e. The third-order valence-corrected chi connectivity index (χ3v) is 11.5. The lowest BCUT2D eigenvalue weighted by molar-refractivity contribution is -0.118. The SMILES string of the molecule is CC(C)CCCC(C)C1CCC2C3CCC4CC(NC(C)(C)C)CCC4(C)C3CCC12C.[HH]. The molecule has 1 N–H and O–H groups in total.